The van der Waals surface area contributed by atoms with Crippen LogP contribution in [0.3, 0.4) is 0 Å². The van der Waals surface area contributed by atoms with E-state index in [1.807, 2.05) is 0 Å². The largest absolute Gasteiger partial charge is 0.497 e. The van der Waals surface area contributed by atoms with Crippen molar-refractivity contribution in [3.63, 3.8) is 0 Å². The normalized spacial score (nSPS) is 30.6. The van der Waals surface area contributed by atoms with E-state index >= 15 is 0 Å². The lowest BCUT2D eigenvalue weighted by atomic mass is 9.81. The third-order valence-corrected chi connectivity index (χ3v) is 5.60. The summed E-state index contributed by atoms with van der Waals surface area (Å²) in [5.41, 5.74) is 0. The van der Waals surface area contributed by atoms with E-state index in [4.69, 9.17) is 9.47 Å². The Morgan fingerprint density at radius 2 is 1.58 bits per heavy atom. The molecule has 3 fully saturated rings. The molecule has 0 radical (unpaired) electrons. The molecule has 2 bridgehead atoms. The van der Waals surface area contributed by atoms with Gasteiger partial charge in [0.2, 0.25) is 11.8 Å². The van der Waals surface area contributed by atoms with Crippen LogP contribution in [0.1, 0.15) is 19.3 Å². The quantitative estimate of drug-likeness (QED) is 0.477. The van der Waals surface area contributed by atoms with E-state index in [1.54, 1.807) is 31.4 Å². The smallest absolute Gasteiger partial charge is 0.331 e. The van der Waals surface area contributed by atoms with Crippen LogP contribution in [-0.2, 0) is 14.4 Å². The molecule has 6 nitrogen and oxygen atoms in total. The van der Waals surface area contributed by atoms with Crippen molar-refractivity contribution in [3.8, 4) is 11.5 Å². The molecule has 2 aliphatic carbocycles. The highest BCUT2D eigenvalue weighted by Crippen LogP contribution is 2.56. The van der Waals surface area contributed by atoms with Crippen molar-refractivity contribution in [2.45, 2.75) is 19.3 Å². The third-order valence-electron chi connectivity index (χ3n) is 5.60. The molecule has 6 heteroatoms. The number of rotatable bonds is 4. The van der Waals surface area contributed by atoms with Gasteiger partial charge in [-0.3, -0.25) is 14.5 Å². The number of ether oxygens (including phenoxy) is 2. The first-order valence-corrected chi connectivity index (χ1v) is 8.28. The summed E-state index contributed by atoms with van der Waals surface area (Å²) in [5, 5.41) is 0. The maximum Gasteiger partial charge on any atom is 0.331 e. The number of carbonyl (C=O) groups excluding carboxylic acids is 3. The number of carbonyl (C=O) groups is 3. The fourth-order valence-electron chi connectivity index (χ4n) is 4.56. The van der Waals surface area contributed by atoms with Gasteiger partial charge in [-0.2, -0.15) is 0 Å². The Balaban J connectivity index is 1.42. The Kier molecular flexibility index (Phi) is 3.55. The first-order valence-electron chi connectivity index (χ1n) is 8.28. The van der Waals surface area contributed by atoms with Crippen molar-refractivity contribution in [3.05, 3.63) is 24.3 Å². The number of imide groups is 1. The molecule has 126 valence electrons. The van der Waals surface area contributed by atoms with Crippen LogP contribution in [0.4, 0.5) is 0 Å². The number of hydrogen-bond acceptors (Lipinski definition) is 5. The highest BCUT2D eigenvalue weighted by Gasteiger charge is 2.61. The molecule has 4 atom stereocenters. The molecule has 1 aromatic carbocycles. The minimum atomic E-state index is -0.603. The molecule has 2 amide bonds. The molecule has 0 spiro atoms. The van der Waals surface area contributed by atoms with E-state index in [1.165, 1.54) is 0 Å². The van der Waals surface area contributed by atoms with Gasteiger partial charge in [0, 0.05) is 0 Å². The zero-order chi connectivity index (χ0) is 16.8. The van der Waals surface area contributed by atoms with E-state index < -0.39 is 5.97 Å². The number of nitrogens with zero attached hydrogens (tertiary/aromatic N) is 1. The number of methoxy groups -OCH3 is 1. The number of likely N-dealkylation sites (tertiary alicyclic amines) is 1. The van der Waals surface area contributed by atoms with Crippen LogP contribution in [-0.4, -0.2) is 36.3 Å². The van der Waals surface area contributed by atoms with E-state index in [-0.39, 0.29) is 30.2 Å². The van der Waals surface area contributed by atoms with Crippen molar-refractivity contribution in [1.82, 2.24) is 4.90 Å². The molecule has 1 aromatic rings. The summed E-state index contributed by atoms with van der Waals surface area (Å²) < 4.78 is 10.3. The van der Waals surface area contributed by atoms with Gasteiger partial charge < -0.3 is 9.47 Å². The minimum absolute atomic E-state index is 0.191. The van der Waals surface area contributed by atoms with Crippen molar-refractivity contribution >= 4 is 17.8 Å². The standard InChI is InChI=1S/C18H19NO5/c1-23-12-4-6-13(7-5-12)24-14(20)9-19-17(21)15-10-2-3-11(8-10)16(15)18(19)22/h4-7,10-11,15-16H,2-3,8-9H2,1H3/t10-,11+,15+,16-. The van der Waals surface area contributed by atoms with E-state index in [9.17, 15) is 14.4 Å². The minimum Gasteiger partial charge on any atom is -0.497 e. The van der Waals surface area contributed by atoms with Gasteiger partial charge in [0.15, 0.2) is 0 Å². The molecule has 0 N–H and O–H groups in total. The van der Waals surface area contributed by atoms with Crippen molar-refractivity contribution < 1.29 is 23.9 Å². The number of benzene rings is 1. The van der Waals surface area contributed by atoms with Gasteiger partial charge in [-0.05, 0) is 55.4 Å². The Morgan fingerprint density at radius 3 is 2.12 bits per heavy atom. The number of amides is 2. The molecule has 3 aliphatic rings. The Hall–Kier alpha value is -2.37. The Labute approximate surface area is 139 Å². The van der Waals surface area contributed by atoms with Crippen molar-refractivity contribution in [2.24, 2.45) is 23.7 Å². The second kappa shape index (κ2) is 5.61. The summed E-state index contributed by atoms with van der Waals surface area (Å²) in [5.74, 6) is 0.262. The van der Waals surface area contributed by atoms with Crippen LogP contribution >= 0.6 is 0 Å². The summed E-state index contributed by atoms with van der Waals surface area (Å²) >= 11 is 0. The van der Waals surface area contributed by atoms with Gasteiger partial charge in [0.25, 0.3) is 0 Å². The number of fused-ring (bicyclic) bond motifs is 5. The summed E-state index contributed by atoms with van der Waals surface area (Å²) in [4.78, 5) is 38.3. The molecule has 1 saturated heterocycles. The third kappa shape index (κ3) is 2.28. The van der Waals surface area contributed by atoms with Gasteiger partial charge in [-0.1, -0.05) is 0 Å². The zero-order valence-corrected chi connectivity index (χ0v) is 13.4. The lowest BCUT2D eigenvalue weighted by Gasteiger charge is -2.19. The van der Waals surface area contributed by atoms with Crippen LogP contribution in [0, 0.1) is 23.7 Å². The summed E-state index contributed by atoms with van der Waals surface area (Å²) in [7, 11) is 1.55. The van der Waals surface area contributed by atoms with Crippen LogP contribution in [0.25, 0.3) is 0 Å². The number of esters is 1. The Morgan fingerprint density at radius 1 is 1.04 bits per heavy atom. The van der Waals surface area contributed by atoms with Crippen LogP contribution in [0.2, 0.25) is 0 Å². The van der Waals surface area contributed by atoms with E-state index in [0.29, 0.717) is 23.3 Å². The van der Waals surface area contributed by atoms with Gasteiger partial charge in [0.05, 0.1) is 18.9 Å². The highest BCUT2D eigenvalue weighted by atomic mass is 16.5. The summed E-state index contributed by atoms with van der Waals surface area (Å²) in [6.45, 7) is -0.309. The van der Waals surface area contributed by atoms with Crippen LogP contribution in [0.15, 0.2) is 24.3 Å². The van der Waals surface area contributed by atoms with E-state index in [0.717, 1.165) is 24.2 Å². The second-order valence-electron chi connectivity index (χ2n) is 6.80. The topological polar surface area (TPSA) is 72.9 Å². The average molecular weight is 329 g/mol. The van der Waals surface area contributed by atoms with Crippen LogP contribution in [0.5, 0.6) is 11.5 Å². The molecule has 1 aliphatic heterocycles. The summed E-state index contributed by atoms with van der Waals surface area (Å²) in [6.07, 6.45) is 3.03. The molecule has 0 unspecified atom stereocenters. The zero-order valence-electron chi connectivity index (χ0n) is 13.4. The van der Waals surface area contributed by atoms with Crippen molar-refractivity contribution in [1.29, 1.82) is 0 Å². The lowest BCUT2D eigenvalue weighted by Crippen LogP contribution is -2.38. The van der Waals surface area contributed by atoms with Gasteiger partial charge in [-0.25, -0.2) is 4.79 Å². The van der Waals surface area contributed by atoms with Crippen molar-refractivity contribution in [2.75, 3.05) is 13.7 Å². The SMILES string of the molecule is COc1ccc(OC(=O)CN2C(=O)[C@@H]3[C@H]4CC[C@H](C4)[C@@H]3C2=O)cc1. The predicted octanol–water partition coefficient (Wildman–Crippen LogP) is 1.63. The molecular formula is C18H19NO5. The first-order chi connectivity index (χ1) is 11.6. The fraction of sp³-hybridized carbons (Fsp3) is 0.500. The van der Waals surface area contributed by atoms with Gasteiger partial charge >= 0.3 is 5.97 Å². The maximum absolute atomic E-state index is 12.5. The molecule has 24 heavy (non-hydrogen) atoms. The second-order valence-corrected chi connectivity index (χ2v) is 6.80. The lowest BCUT2D eigenvalue weighted by molar-refractivity contribution is -0.148. The van der Waals surface area contributed by atoms with Crippen LogP contribution < -0.4 is 9.47 Å². The van der Waals surface area contributed by atoms with Gasteiger partial charge in [-0.15, -0.1) is 0 Å². The predicted molar refractivity (Wildman–Crippen MR) is 83.2 cm³/mol. The molecule has 0 aromatic heterocycles. The average Bonchev–Trinajstić information content (AvgIpc) is 3.25. The van der Waals surface area contributed by atoms with E-state index in [2.05, 4.69) is 0 Å². The fourth-order valence-corrected chi connectivity index (χ4v) is 4.56. The molecule has 4 rings (SSSR count). The molecule has 1 heterocycles. The monoisotopic (exact) mass is 329 g/mol. The highest BCUT2D eigenvalue weighted by molar-refractivity contribution is 6.07. The molecular weight excluding hydrogens is 310 g/mol. The maximum atomic E-state index is 12.5. The first kappa shape index (κ1) is 15.2. The Bertz CT molecular complexity index is 670. The molecule has 2 saturated carbocycles. The number of hydrogen-bond donors (Lipinski definition) is 0. The van der Waals surface area contributed by atoms with Gasteiger partial charge in [0.1, 0.15) is 18.0 Å². The summed E-state index contributed by atoms with van der Waals surface area (Å²) in [6, 6.07) is 6.58.